The molecule has 0 bridgehead atoms. The van der Waals surface area contributed by atoms with Crippen molar-refractivity contribution >= 4 is 27.5 Å². The fourth-order valence-corrected chi connectivity index (χ4v) is 1.30. The lowest BCUT2D eigenvalue weighted by molar-refractivity contribution is -0.115. The molecular formula is C10H11BrF2N2O. The molecule has 0 atom stereocenters. The molecule has 1 amide bonds. The van der Waals surface area contributed by atoms with Crippen LogP contribution < -0.4 is 10.6 Å². The fraction of sp³-hybridized carbons (Fsp3) is 0.300. The molecule has 0 unspecified atom stereocenters. The average Bonchev–Trinajstić information content (AvgIpc) is 2.21. The summed E-state index contributed by atoms with van der Waals surface area (Å²) in [6.45, 7) is -0.603. The molecule has 0 spiro atoms. The van der Waals surface area contributed by atoms with Crippen molar-refractivity contribution in [3.05, 3.63) is 28.7 Å². The van der Waals surface area contributed by atoms with Gasteiger partial charge < -0.3 is 10.6 Å². The molecule has 1 rings (SSSR count). The highest BCUT2D eigenvalue weighted by Crippen LogP contribution is 2.13. The Morgan fingerprint density at radius 3 is 2.50 bits per heavy atom. The van der Waals surface area contributed by atoms with Gasteiger partial charge in [0.2, 0.25) is 5.91 Å². The van der Waals surface area contributed by atoms with Gasteiger partial charge in [0.15, 0.2) is 0 Å². The number of carbonyl (C=O) groups excluding carboxylic acids is 1. The van der Waals surface area contributed by atoms with E-state index in [2.05, 4.69) is 26.6 Å². The lowest BCUT2D eigenvalue weighted by atomic mass is 10.3. The number of amides is 1. The summed E-state index contributed by atoms with van der Waals surface area (Å²) in [5.74, 6) is -0.344. The Hall–Kier alpha value is -1.01. The summed E-state index contributed by atoms with van der Waals surface area (Å²) in [5, 5.41) is 4.92. The topological polar surface area (TPSA) is 41.1 Å². The fourth-order valence-electron chi connectivity index (χ4n) is 1.03. The van der Waals surface area contributed by atoms with Gasteiger partial charge in [-0.05, 0) is 24.3 Å². The maximum Gasteiger partial charge on any atom is 0.250 e. The molecule has 0 radical (unpaired) electrons. The van der Waals surface area contributed by atoms with E-state index in [0.29, 0.717) is 5.69 Å². The maximum atomic E-state index is 11.8. The van der Waals surface area contributed by atoms with E-state index >= 15 is 0 Å². The standard InChI is InChI=1S/C10H11BrF2N2O/c11-7-1-3-8(4-2-7)15-10(16)6-14-5-9(12)13/h1-4,9,14H,5-6H2,(H,15,16). The van der Waals surface area contributed by atoms with Crippen LogP contribution in [0, 0.1) is 0 Å². The van der Waals surface area contributed by atoms with Crippen molar-refractivity contribution in [3.63, 3.8) is 0 Å². The second-order valence-corrected chi connectivity index (χ2v) is 3.99. The van der Waals surface area contributed by atoms with Crippen LogP contribution in [0.4, 0.5) is 14.5 Å². The number of alkyl halides is 2. The lowest BCUT2D eigenvalue weighted by Gasteiger charge is -2.06. The largest absolute Gasteiger partial charge is 0.325 e. The first-order chi connectivity index (χ1) is 7.58. The van der Waals surface area contributed by atoms with Crippen LogP contribution >= 0.6 is 15.9 Å². The van der Waals surface area contributed by atoms with Crippen molar-refractivity contribution in [2.45, 2.75) is 6.43 Å². The Labute approximate surface area is 100 Å². The third-order valence-corrected chi connectivity index (χ3v) is 2.24. The van der Waals surface area contributed by atoms with Gasteiger partial charge in [-0.25, -0.2) is 8.78 Å². The molecule has 0 saturated heterocycles. The summed E-state index contributed by atoms with van der Waals surface area (Å²) in [6, 6.07) is 6.99. The van der Waals surface area contributed by atoms with Crippen LogP contribution in [0.5, 0.6) is 0 Å². The van der Waals surface area contributed by atoms with E-state index in [1.807, 2.05) is 0 Å². The van der Waals surface area contributed by atoms with Crippen molar-refractivity contribution in [3.8, 4) is 0 Å². The minimum Gasteiger partial charge on any atom is -0.325 e. The monoisotopic (exact) mass is 292 g/mol. The Morgan fingerprint density at radius 2 is 1.94 bits per heavy atom. The zero-order chi connectivity index (χ0) is 12.0. The number of carbonyl (C=O) groups is 1. The number of halogens is 3. The van der Waals surface area contributed by atoms with Crippen LogP contribution in [0.25, 0.3) is 0 Å². The summed E-state index contributed by atoms with van der Waals surface area (Å²) < 4.78 is 24.4. The van der Waals surface area contributed by atoms with Crippen LogP contribution in [-0.2, 0) is 4.79 Å². The number of anilines is 1. The molecule has 0 aliphatic rings. The first-order valence-corrected chi connectivity index (χ1v) is 5.41. The molecule has 3 nitrogen and oxygen atoms in total. The quantitative estimate of drug-likeness (QED) is 0.874. The van der Waals surface area contributed by atoms with E-state index < -0.39 is 13.0 Å². The average molecular weight is 293 g/mol. The molecule has 6 heteroatoms. The van der Waals surface area contributed by atoms with Crippen molar-refractivity contribution < 1.29 is 13.6 Å². The predicted octanol–water partition coefficient (Wildman–Crippen LogP) is 2.24. The van der Waals surface area contributed by atoms with Gasteiger partial charge in [-0.15, -0.1) is 0 Å². The summed E-state index contributed by atoms with van der Waals surface area (Å²) in [6.07, 6.45) is -2.44. The Balaban J connectivity index is 2.31. The minimum atomic E-state index is -2.44. The summed E-state index contributed by atoms with van der Waals surface area (Å²) in [5.41, 5.74) is 0.632. The smallest absolute Gasteiger partial charge is 0.250 e. The van der Waals surface area contributed by atoms with E-state index in [-0.39, 0.29) is 12.5 Å². The van der Waals surface area contributed by atoms with Crippen molar-refractivity contribution in [2.24, 2.45) is 0 Å². The zero-order valence-electron chi connectivity index (χ0n) is 8.34. The molecule has 0 saturated carbocycles. The molecule has 0 aliphatic heterocycles. The number of benzene rings is 1. The third kappa shape index (κ3) is 5.18. The highest BCUT2D eigenvalue weighted by Gasteiger charge is 2.05. The van der Waals surface area contributed by atoms with E-state index in [1.165, 1.54) is 0 Å². The predicted molar refractivity (Wildman–Crippen MR) is 61.6 cm³/mol. The second-order valence-electron chi connectivity index (χ2n) is 3.08. The molecular weight excluding hydrogens is 282 g/mol. The van der Waals surface area contributed by atoms with E-state index in [1.54, 1.807) is 24.3 Å². The third-order valence-electron chi connectivity index (χ3n) is 1.71. The van der Waals surface area contributed by atoms with Gasteiger partial charge in [-0.1, -0.05) is 15.9 Å². The molecule has 0 heterocycles. The van der Waals surface area contributed by atoms with Gasteiger partial charge in [0.05, 0.1) is 13.1 Å². The van der Waals surface area contributed by atoms with Gasteiger partial charge >= 0.3 is 0 Å². The van der Waals surface area contributed by atoms with Gasteiger partial charge in [-0.3, -0.25) is 4.79 Å². The SMILES string of the molecule is O=C(CNCC(F)F)Nc1ccc(Br)cc1. The van der Waals surface area contributed by atoms with Gasteiger partial charge in [-0.2, -0.15) is 0 Å². The van der Waals surface area contributed by atoms with Gasteiger partial charge in [0.1, 0.15) is 0 Å². The van der Waals surface area contributed by atoms with Crippen molar-refractivity contribution in [1.29, 1.82) is 0 Å². The molecule has 88 valence electrons. The van der Waals surface area contributed by atoms with Crippen LogP contribution in [0.1, 0.15) is 0 Å². The van der Waals surface area contributed by atoms with Crippen LogP contribution in [0.15, 0.2) is 28.7 Å². The number of hydrogen-bond donors (Lipinski definition) is 2. The van der Waals surface area contributed by atoms with E-state index in [4.69, 9.17) is 0 Å². The lowest BCUT2D eigenvalue weighted by Crippen LogP contribution is -2.31. The first-order valence-electron chi connectivity index (χ1n) is 4.62. The molecule has 1 aromatic rings. The number of nitrogens with one attached hydrogen (secondary N) is 2. The van der Waals surface area contributed by atoms with Crippen LogP contribution in [-0.4, -0.2) is 25.4 Å². The zero-order valence-corrected chi connectivity index (χ0v) is 9.93. The highest BCUT2D eigenvalue weighted by atomic mass is 79.9. The van der Waals surface area contributed by atoms with Gasteiger partial charge in [0.25, 0.3) is 6.43 Å². The number of rotatable bonds is 5. The molecule has 0 aliphatic carbocycles. The number of hydrogen-bond acceptors (Lipinski definition) is 2. The molecule has 16 heavy (non-hydrogen) atoms. The second kappa shape index (κ2) is 6.55. The van der Waals surface area contributed by atoms with Crippen LogP contribution in [0.3, 0.4) is 0 Å². The molecule has 0 aromatic heterocycles. The summed E-state index contributed by atoms with van der Waals surface area (Å²) >= 11 is 3.26. The van der Waals surface area contributed by atoms with Crippen LogP contribution in [0.2, 0.25) is 0 Å². The summed E-state index contributed by atoms with van der Waals surface area (Å²) in [4.78, 5) is 11.2. The molecule has 2 N–H and O–H groups in total. The Morgan fingerprint density at radius 1 is 1.31 bits per heavy atom. The molecule has 1 aromatic carbocycles. The first kappa shape index (κ1) is 13.1. The maximum absolute atomic E-state index is 11.8. The van der Waals surface area contributed by atoms with Crippen molar-refractivity contribution in [1.82, 2.24) is 5.32 Å². The Kier molecular flexibility index (Phi) is 5.34. The highest BCUT2D eigenvalue weighted by molar-refractivity contribution is 9.10. The molecule has 0 fully saturated rings. The van der Waals surface area contributed by atoms with Gasteiger partial charge in [0, 0.05) is 10.2 Å². The summed E-state index contributed by atoms with van der Waals surface area (Å²) in [7, 11) is 0. The van der Waals surface area contributed by atoms with Crippen molar-refractivity contribution in [2.75, 3.05) is 18.4 Å². The van der Waals surface area contributed by atoms with E-state index in [0.717, 1.165) is 4.47 Å². The minimum absolute atomic E-state index is 0.125. The Bertz CT molecular complexity index is 343. The normalized spacial score (nSPS) is 10.5. The van der Waals surface area contributed by atoms with E-state index in [9.17, 15) is 13.6 Å².